The molecule has 0 N–H and O–H groups in total. The lowest BCUT2D eigenvalue weighted by atomic mass is 10.1. The minimum absolute atomic E-state index is 0.298. The van der Waals surface area contributed by atoms with Gasteiger partial charge in [-0.2, -0.15) is 0 Å². The fourth-order valence-electron chi connectivity index (χ4n) is 1.66. The summed E-state index contributed by atoms with van der Waals surface area (Å²) in [4.78, 5) is 0. The van der Waals surface area contributed by atoms with E-state index >= 15 is 0 Å². The molecule has 1 aliphatic heterocycles. The van der Waals surface area contributed by atoms with Gasteiger partial charge in [0, 0.05) is 0 Å². The van der Waals surface area contributed by atoms with Crippen LogP contribution in [0.25, 0.3) is 0 Å². The molecule has 0 saturated carbocycles. The zero-order valence-corrected chi connectivity index (χ0v) is 10.4. The van der Waals surface area contributed by atoms with Gasteiger partial charge in [0.15, 0.2) is 0 Å². The van der Waals surface area contributed by atoms with Crippen LogP contribution in [-0.2, 0) is 4.08 Å². The molecule has 0 radical (unpaired) electrons. The molecule has 0 spiro atoms. The standard InChI is InChI=1S/C12H16S2/c1-10-4-6-11(7-5-10)12(2)13-8-3-9-14-12/h4-7H,3,8-9H2,1-2H3. The molecule has 76 valence electrons. The van der Waals surface area contributed by atoms with Gasteiger partial charge in [0.05, 0.1) is 4.08 Å². The molecule has 1 heterocycles. The first-order valence-corrected chi connectivity index (χ1v) is 7.03. The predicted molar refractivity (Wildman–Crippen MR) is 68.1 cm³/mol. The van der Waals surface area contributed by atoms with Gasteiger partial charge in [0.1, 0.15) is 0 Å². The van der Waals surface area contributed by atoms with Gasteiger partial charge in [0.25, 0.3) is 0 Å². The van der Waals surface area contributed by atoms with E-state index in [4.69, 9.17) is 0 Å². The van der Waals surface area contributed by atoms with Crippen LogP contribution in [0.3, 0.4) is 0 Å². The number of hydrogen-bond acceptors (Lipinski definition) is 2. The first-order valence-electron chi connectivity index (χ1n) is 5.06. The van der Waals surface area contributed by atoms with E-state index in [1.165, 1.54) is 29.1 Å². The van der Waals surface area contributed by atoms with Crippen LogP contribution in [0.1, 0.15) is 24.5 Å². The van der Waals surface area contributed by atoms with Crippen LogP contribution in [-0.4, -0.2) is 11.5 Å². The van der Waals surface area contributed by atoms with Crippen molar-refractivity contribution in [1.82, 2.24) is 0 Å². The van der Waals surface area contributed by atoms with E-state index in [1.54, 1.807) is 0 Å². The topological polar surface area (TPSA) is 0 Å². The maximum Gasteiger partial charge on any atom is 0.0832 e. The van der Waals surface area contributed by atoms with Crippen molar-refractivity contribution in [2.24, 2.45) is 0 Å². The average Bonchev–Trinajstić information content (AvgIpc) is 2.19. The van der Waals surface area contributed by atoms with Gasteiger partial charge in [-0.15, -0.1) is 23.5 Å². The Kier molecular flexibility index (Phi) is 3.13. The Hall–Kier alpha value is -0.0800. The lowest BCUT2D eigenvalue weighted by Gasteiger charge is -2.32. The summed E-state index contributed by atoms with van der Waals surface area (Å²) in [5.41, 5.74) is 2.82. The molecule has 0 nitrogen and oxygen atoms in total. The molecule has 1 aromatic carbocycles. The Balaban J connectivity index is 2.23. The molecule has 1 aliphatic rings. The first kappa shape index (κ1) is 10.4. The van der Waals surface area contributed by atoms with Crippen molar-refractivity contribution in [1.29, 1.82) is 0 Å². The molecule has 1 saturated heterocycles. The summed E-state index contributed by atoms with van der Waals surface area (Å²) < 4.78 is 0.298. The number of hydrogen-bond donors (Lipinski definition) is 0. The van der Waals surface area contributed by atoms with Crippen LogP contribution in [0.15, 0.2) is 24.3 Å². The summed E-state index contributed by atoms with van der Waals surface area (Å²) in [5.74, 6) is 2.61. The maximum atomic E-state index is 2.35. The Morgan fingerprint density at radius 2 is 1.64 bits per heavy atom. The summed E-state index contributed by atoms with van der Waals surface area (Å²) in [6, 6.07) is 8.99. The molecular weight excluding hydrogens is 208 g/mol. The predicted octanol–water partition coefficient (Wildman–Crippen LogP) is 4.04. The molecule has 1 aromatic rings. The van der Waals surface area contributed by atoms with Gasteiger partial charge in [-0.1, -0.05) is 29.8 Å². The Morgan fingerprint density at radius 1 is 1.07 bits per heavy atom. The second kappa shape index (κ2) is 4.19. The van der Waals surface area contributed by atoms with Crippen molar-refractivity contribution in [3.8, 4) is 0 Å². The monoisotopic (exact) mass is 224 g/mol. The van der Waals surface area contributed by atoms with Crippen molar-refractivity contribution in [3.05, 3.63) is 35.4 Å². The average molecular weight is 224 g/mol. The third-order valence-corrected chi connectivity index (χ3v) is 5.89. The highest BCUT2D eigenvalue weighted by atomic mass is 32.2. The molecule has 14 heavy (non-hydrogen) atoms. The molecule has 0 aromatic heterocycles. The van der Waals surface area contributed by atoms with Crippen molar-refractivity contribution < 1.29 is 0 Å². The molecule has 2 rings (SSSR count). The lowest BCUT2D eigenvalue weighted by molar-refractivity contribution is 0.962. The highest BCUT2D eigenvalue weighted by molar-refractivity contribution is 8.18. The molecule has 0 amide bonds. The summed E-state index contributed by atoms with van der Waals surface area (Å²) in [7, 11) is 0. The summed E-state index contributed by atoms with van der Waals surface area (Å²) in [6.45, 7) is 4.50. The van der Waals surface area contributed by atoms with E-state index in [0.29, 0.717) is 4.08 Å². The van der Waals surface area contributed by atoms with Crippen LogP contribution in [0, 0.1) is 6.92 Å². The number of benzene rings is 1. The molecular formula is C12H16S2. The summed E-state index contributed by atoms with van der Waals surface area (Å²) in [5, 5.41) is 0. The van der Waals surface area contributed by atoms with Gasteiger partial charge in [-0.05, 0) is 37.3 Å². The van der Waals surface area contributed by atoms with Crippen LogP contribution >= 0.6 is 23.5 Å². The third kappa shape index (κ3) is 2.12. The molecule has 0 bridgehead atoms. The Labute approximate surface area is 94.9 Å². The van der Waals surface area contributed by atoms with E-state index in [0.717, 1.165) is 0 Å². The van der Waals surface area contributed by atoms with Crippen molar-refractivity contribution in [2.75, 3.05) is 11.5 Å². The fraction of sp³-hybridized carbons (Fsp3) is 0.500. The van der Waals surface area contributed by atoms with Crippen LogP contribution in [0.4, 0.5) is 0 Å². The third-order valence-electron chi connectivity index (χ3n) is 2.62. The van der Waals surface area contributed by atoms with Crippen molar-refractivity contribution in [2.45, 2.75) is 24.3 Å². The molecule has 0 aliphatic carbocycles. The van der Waals surface area contributed by atoms with E-state index in [-0.39, 0.29) is 0 Å². The number of aryl methyl sites for hydroxylation is 1. The van der Waals surface area contributed by atoms with Gasteiger partial charge in [-0.25, -0.2) is 0 Å². The number of rotatable bonds is 1. The van der Waals surface area contributed by atoms with E-state index in [1.807, 2.05) is 0 Å². The minimum Gasteiger partial charge on any atom is -0.140 e. The molecule has 0 unspecified atom stereocenters. The van der Waals surface area contributed by atoms with E-state index < -0.39 is 0 Å². The van der Waals surface area contributed by atoms with Gasteiger partial charge < -0.3 is 0 Å². The lowest BCUT2D eigenvalue weighted by Crippen LogP contribution is -2.18. The summed E-state index contributed by atoms with van der Waals surface area (Å²) in [6.07, 6.45) is 1.36. The molecule has 2 heteroatoms. The highest BCUT2D eigenvalue weighted by Gasteiger charge is 2.29. The Bertz CT molecular complexity index is 297. The van der Waals surface area contributed by atoms with Crippen molar-refractivity contribution >= 4 is 23.5 Å². The minimum atomic E-state index is 0.298. The van der Waals surface area contributed by atoms with E-state index in [2.05, 4.69) is 61.6 Å². The van der Waals surface area contributed by atoms with Gasteiger partial charge in [0.2, 0.25) is 0 Å². The maximum absolute atomic E-state index is 2.35. The van der Waals surface area contributed by atoms with E-state index in [9.17, 15) is 0 Å². The normalized spacial score (nSPS) is 20.7. The summed E-state index contributed by atoms with van der Waals surface area (Å²) >= 11 is 4.17. The SMILES string of the molecule is Cc1ccc(C2(C)SCCCS2)cc1. The van der Waals surface area contributed by atoms with Gasteiger partial charge in [-0.3, -0.25) is 0 Å². The van der Waals surface area contributed by atoms with Crippen molar-refractivity contribution in [3.63, 3.8) is 0 Å². The second-order valence-corrected chi connectivity index (χ2v) is 7.15. The first-order chi connectivity index (χ1) is 6.71. The zero-order chi connectivity index (χ0) is 10.0. The zero-order valence-electron chi connectivity index (χ0n) is 8.75. The van der Waals surface area contributed by atoms with Crippen LogP contribution < -0.4 is 0 Å². The highest BCUT2D eigenvalue weighted by Crippen LogP contribution is 2.49. The van der Waals surface area contributed by atoms with Crippen LogP contribution in [0.2, 0.25) is 0 Å². The molecule has 0 atom stereocenters. The smallest absolute Gasteiger partial charge is 0.0832 e. The van der Waals surface area contributed by atoms with Crippen LogP contribution in [0.5, 0.6) is 0 Å². The quantitative estimate of drug-likeness (QED) is 0.706. The fourth-order valence-corrected chi connectivity index (χ4v) is 4.64. The largest absolute Gasteiger partial charge is 0.140 e. The number of thioether (sulfide) groups is 2. The Morgan fingerprint density at radius 3 is 2.21 bits per heavy atom. The van der Waals surface area contributed by atoms with Gasteiger partial charge >= 0.3 is 0 Å². The second-order valence-electron chi connectivity index (χ2n) is 3.86. The molecule has 1 fully saturated rings.